The minimum absolute atomic E-state index is 0.0654. The summed E-state index contributed by atoms with van der Waals surface area (Å²) in [5.41, 5.74) is -2.26. The second kappa shape index (κ2) is 41.5. The number of hydrogen-bond donors (Lipinski definition) is 1. The van der Waals surface area contributed by atoms with Crippen LogP contribution in [0.25, 0.3) is 0 Å². The Morgan fingerprint density at radius 1 is 0.393 bits per heavy atom. The highest BCUT2D eigenvalue weighted by molar-refractivity contribution is 4.89. The molecular formula is C36H66F8O17. The van der Waals surface area contributed by atoms with Gasteiger partial charge < -0.3 is 61.9 Å². The molecule has 0 radical (unpaired) electrons. The Morgan fingerprint density at radius 3 is 1.21 bits per heavy atom. The number of aliphatic hydroxyl groups is 1. The van der Waals surface area contributed by atoms with Crippen molar-refractivity contribution >= 4 is 0 Å². The molecule has 25 heteroatoms. The number of aliphatic hydroxyl groups excluding tert-OH is 1. The summed E-state index contributed by atoms with van der Waals surface area (Å²) in [5, 5.41) is 11.6. The monoisotopic (exact) mass is 922 g/mol. The van der Waals surface area contributed by atoms with Crippen LogP contribution in [0.1, 0.15) is 33.1 Å². The van der Waals surface area contributed by atoms with E-state index in [1.54, 1.807) is 6.92 Å². The van der Waals surface area contributed by atoms with Gasteiger partial charge in [-0.2, -0.15) is 19.8 Å². The summed E-state index contributed by atoms with van der Waals surface area (Å²) in [6.07, 6.45) is -4.74. The molecule has 6 atom stereocenters. The maximum Gasteiger partial charge on any atom is 0.188 e. The summed E-state index contributed by atoms with van der Waals surface area (Å²) in [7, 11) is 0. The van der Waals surface area contributed by atoms with E-state index >= 15 is 0 Å². The molecule has 0 spiro atoms. The van der Waals surface area contributed by atoms with Crippen LogP contribution in [0.15, 0.2) is 0 Å². The lowest BCUT2D eigenvalue weighted by Gasteiger charge is -2.40. The zero-order chi connectivity index (χ0) is 45.3. The van der Waals surface area contributed by atoms with Gasteiger partial charge in [-0.3, -0.25) is 0 Å². The van der Waals surface area contributed by atoms with Gasteiger partial charge in [0, 0.05) is 17.3 Å². The van der Waals surface area contributed by atoms with E-state index in [4.69, 9.17) is 56.8 Å². The van der Waals surface area contributed by atoms with Gasteiger partial charge >= 0.3 is 0 Å². The minimum atomic E-state index is -1.36. The quantitative estimate of drug-likeness (QED) is 0.0668. The van der Waals surface area contributed by atoms with Gasteiger partial charge in [0.1, 0.15) is 44.7 Å². The first kappa shape index (κ1) is 59.8. The third-order valence-corrected chi connectivity index (χ3v) is 9.17. The molecule has 6 unspecified atom stereocenters. The standard InChI is InChI=1S/C36H66F8O17/c1-3-35(21-48-17-31(54-7-11-60-43)15-46-5-9-58-41,22-49-18-32(55-8-12-61-44)16-47-6-10-59-42)23-53-25-36(4-2,24-50-19-33(57-29-40)20-52-27-38)34(45)13-30(56-28-39)14-51-26-37/h30-34,45H,3-29H2,1-2H3. The van der Waals surface area contributed by atoms with Gasteiger partial charge in [0.2, 0.25) is 0 Å². The van der Waals surface area contributed by atoms with Crippen LogP contribution in [0.2, 0.25) is 0 Å². The van der Waals surface area contributed by atoms with Crippen LogP contribution < -0.4 is 0 Å². The largest absolute Gasteiger partial charge is 0.392 e. The Labute approximate surface area is 351 Å². The summed E-state index contributed by atoms with van der Waals surface area (Å²) < 4.78 is 166. The van der Waals surface area contributed by atoms with Crippen molar-refractivity contribution in [1.29, 1.82) is 0 Å². The predicted octanol–water partition coefficient (Wildman–Crippen LogP) is 4.52. The van der Waals surface area contributed by atoms with E-state index in [1.165, 1.54) is 0 Å². The van der Waals surface area contributed by atoms with Crippen LogP contribution in [0.4, 0.5) is 35.7 Å². The smallest absolute Gasteiger partial charge is 0.188 e. The van der Waals surface area contributed by atoms with E-state index in [0.29, 0.717) is 6.42 Å². The highest BCUT2D eigenvalue weighted by Crippen LogP contribution is 2.33. The van der Waals surface area contributed by atoms with Crippen LogP contribution in [0.5, 0.6) is 0 Å². The Balaban J connectivity index is 6.41. The molecule has 0 fully saturated rings. The van der Waals surface area contributed by atoms with E-state index in [0.717, 1.165) is 0 Å². The maximum absolute atomic E-state index is 13.3. The molecule has 0 saturated heterocycles. The lowest BCUT2D eigenvalue weighted by atomic mass is 9.78. The molecule has 0 rings (SSSR count). The second-order valence-electron chi connectivity index (χ2n) is 13.5. The maximum atomic E-state index is 13.3. The summed E-state index contributed by atoms with van der Waals surface area (Å²) in [6.45, 7) is -5.45. The molecule has 0 aliphatic heterocycles. The van der Waals surface area contributed by atoms with Gasteiger partial charge in [-0.15, -0.1) is 0 Å². The van der Waals surface area contributed by atoms with Gasteiger partial charge in [-0.05, 0) is 30.9 Å². The number of rotatable bonds is 49. The summed E-state index contributed by atoms with van der Waals surface area (Å²) in [4.78, 5) is 14.1. The molecule has 1 N–H and O–H groups in total. The Kier molecular flexibility index (Phi) is 40.6. The average molecular weight is 923 g/mol. The zero-order valence-corrected chi connectivity index (χ0v) is 35.0. The molecule has 0 amide bonds. The minimum Gasteiger partial charge on any atom is -0.392 e. The van der Waals surface area contributed by atoms with Crippen LogP contribution in [0.3, 0.4) is 0 Å². The van der Waals surface area contributed by atoms with Crippen molar-refractivity contribution in [2.24, 2.45) is 10.8 Å². The predicted molar refractivity (Wildman–Crippen MR) is 194 cm³/mol. The van der Waals surface area contributed by atoms with Crippen molar-refractivity contribution in [2.45, 2.75) is 63.6 Å². The molecule has 0 heterocycles. The topological polar surface area (TPSA) is 168 Å². The van der Waals surface area contributed by atoms with Crippen molar-refractivity contribution in [3.63, 3.8) is 0 Å². The second-order valence-corrected chi connectivity index (χ2v) is 13.5. The zero-order valence-electron chi connectivity index (χ0n) is 35.0. The Morgan fingerprint density at radius 2 is 0.770 bits per heavy atom. The van der Waals surface area contributed by atoms with E-state index in [9.17, 15) is 40.8 Å². The van der Waals surface area contributed by atoms with Gasteiger partial charge in [0.05, 0.1) is 118 Å². The molecule has 0 aliphatic carbocycles. The molecule has 0 aliphatic rings. The van der Waals surface area contributed by atoms with E-state index in [-0.39, 0.29) is 145 Å². The highest BCUT2D eigenvalue weighted by Gasteiger charge is 2.40. The molecular weight excluding hydrogens is 856 g/mol. The van der Waals surface area contributed by atoms with E-state index in [1.807, 2.05) is 6.92 Å². The lowest BCUT2D eigenvalue weighted by molar-refractivity contribution is -0.174. The SMILES string of the molecule is CCC(COCC(COCCOF)OCCOF)(COCC(COCCOF)OCCOF)COCC(CC)(COCC(COCF)OCF)C(O)CC(COCF)OCF. The normalized spacial score (nSPS) is 16.6. The molecule has 368 valence electrons. The van der Waals surface area contributed by atoms with Crippen molar-refractivity contribution in [2.75, 3.05) is 160 Å². The first-order valence-corrected chi connectivity index (χ1v) is 19.7. The van der Waals surface area contributed by atoms with Crippen molar-refractivity contribution in [3.8, 4) is 0 Å². The lowest BCUT2D eigenvalue weighted by Crippen LogP contribution is -2.47. The first-order chi connectivity index (χ1) is 29.7. The van der Waals surface area contributed by atoms with Gasteiger partial charge in [0.25, 0.3) is 0 Å². The van der Waals surface area contributed by atoms with E-state index in [2.05, 4.69) is 19.8 Å². The summed E-state index contributed by atoms with van der Waals surface area (Å²) in [5.74, 6) is 0. The van der Waals surface area contributed by atoms with Gasteiger partial charge in [-0.25, -0.2) is 17.6 Å². The summed E-state index contributed by atoms with van der Waals surface area (Å²) >= 11 is 0. The molecule has 17 nitrogen and oxygen atoms in total. The third-order valence-electron chi connectivity index (χ3n) is 9.17. The molecule has 61 heavy (non-hydrogen) atoms. The molecule has 0 saturated carbocycles. The van der Waals surface area contributed by atoms with Crippen molar-refractivity contribution in [1.82, 2.24) is 0 Å². The molecule has 0 bridgehead atoms. The fraction of sp³-hybridized carbons (Fsp3) is 1.00. The van der Waals surface area contributed by atoms with Crippen LogP contribution in [-0.2, 0) is 76.6 Å². The number of hydrogen-bond acceptors (Lipinski definition) is 17. The third kappa shape index (κ3) is 29.8. The number of ether oxygens (including phenoxy) is 12. The van der Waals surface area contributed by atoms with Gasteiger partial charge in [0.15, 0.2) is 27.4 Å². The molecule has 0 aromatic rings. The molecule has 0 aromatic heterocycles. The first-order valence-electron chi connectivity index (χ1n) is 19.7. The Hall–Kier alpha value is -1.24. The fourth-order valence-electron chi connectivity index (χ4n) is 5.53. The van der Waals surface area contributed by atoms with E-state index < -0.39 is 68.8 Å². The number of halogens is 8. The average Bonchev–Trinajstić information content (AvgIpc) is 3.26. The fourth-order valence-corrected chi connectivity index (χ4v) is 5.53. The van der Waals surface area contributed by atoms with Crippen LogP contribution in [0, 0.1) is 10.8 Å². The van der Waals surface area contributed by atoms with Crippen LogP contribution >= 0.6 is 0 Å². The highest BCUT2D eigenvalue weighted by atomic mass is 19.3. The van der Waals surface area contributed by atoms with Crippen LogP contribution in [-0.4, -0.2) is 195 Å². The van der Waals surface area contributed by atoms with Gasteiger partial charge in [-0.1, -0.05) is 13.8 Å². The summed E-state index contributed by atoms with van der Waals surface area (Å²) in [6, 6.07) is 0. The number of alkyl halides is 4. The molecule has 0 aromatic carbocycles. The van der Waals surface area contributed by atoms with Crippen molar-refractivity contribution in [3.05, 3.63) is 0 Å². The van der Waals surface area contributed by atoms with Crippen molar-refractivity contribution < 1.29 is 117 Å². The Bertz CT molecular complexity index is 906.